The quantitative estimate of drug-likeness (QED) is 0.360. The van der Waals surface area contributed by atoms with Gasteiger partial charge in [-0.1, -0.05) is 54.6 Å². The predicted molar refractivity (Wildman–Crippen MR) is 130 cm³/mol. The lowest BCUT2D eigenvalue weighted by molar-refractivity contribution is -0.144. The Balaban J connectivity index is 1.28. The number of hydrogen-bond donors (Lipinski definition) is 0. The minimum Gasteiger partial charge on any atom is -0.462 e. The van der Waals surface area contributed by atoms with E-state index in [1.165, 1.54) is 18.2 Å². The molecule has 0 atom stereocenters. The first-order chi connectivity index (χ1) is 17.3. The molecule has 0 N–H and O–H groups in total. The van der Waals surface area contributed by atoms with Crippen molar-refractivity contribution in [3.8, 4) is 0 Å². The summed E-state index contributed by atoms with van der Waals surface area (Å²) in [5.74, 6) is -1.56. The lowest BCUT2D eigenvalue weighted by atomic mass is 10.1. The first kappa shape index (κ1) is 23.4. The molecular weight excluding hydrogens is 482 g/mol. The van der Waals surface area contributed by atoms with E-state index >= 15 is 0 Å². The highest BCUT2D eigenvalue weighted by Gasteiger charge is 2.37. The summed E-state index contributed by atoms with van der Waals surface area (Å²) in [6.45, 7) is -0.135. The predicted octanol–water partition coefficient (Wildman–Crippen LogP) is 2.48. The van der Waals surface area contributed by atoms with Crippen molar-refractivity contribution in [3.05, 3.63) is 101 Å². The molecule has 2 heterocycles. The van der Waals surface area contributed by atoms with E-state index in [0.29, 0.717) is 12.1 Å². The Hall–Kier alpha value is -4.31. The van der Waals surface area contributed by atoms with Gasteiger partial charge in [-0.05, 0) is 29.8 Å². The van der Waals surface area contributed by atoms with Crippen molar-refractivity contribution in [2.45, 2.75) is 11.4 Å². The first-order valence-electron chi connectivity index (χ1n) is 11.2. The Bertz CT molecular complexity index is 1470. The largest absolute Gasteiger partial charge is 0.462 e. The van der Waals surface area contributed by atoms with E-state index in [-0.39, 0.29) is 35.0 Å². The van der Waals surface area contributed by atoms with Gasteiger partial charge in [0.15, 0.2) is 5.84 Å². The molecule has 0 spiro atoms. The molecule has 36 heavy (non-hydrogen) atoms. The molecule has 2 aliphatic rings. The smallest absolute Gasteiger partial charge is 0.326 e. The number of rotatable bonds is 7. The summed E-state index contributed by atoms with van der Waals surface area (Å²) in [4.78, 5) is 40.2. The average molecular weight is 504 g/mol. The van der Waals surface area contributed by atoms with Gasteiger partial charge in [-0.25, -0.2) is 0 Å². The van der Waals surface area contributed by atoms with E-state index in [9.17, 15) is 22.8 Å². The molecule has 0 fully saturated rings. The molecule has 9 nitrogen and oxygen atoms in total. The Labute approximate surface area is 207 Å². The van der Waals surface area contributed by atoms with Crippen LogP contribution < -0.4 is 0 Å². The lowest BCUT2D eigenvalue weighted by Crippen LogP contribution is -2.37. The minimum atomic E-state index is -3.83. The Morgan fingerprint density at radius 2 is 1.42 bits per heavy atom. The van der Waals surface area contributed by atoms with E-state index < -0.39 is 34.4 Å². The van der Waals surface area contributed by atoms with Gasteiger partial charge in [0.05, 0.1) is 17.7 Å². The van der Waals surface area contributed by atoms with Gasteiger partial charge >= 0.3 is 5.97 Å². The summed E-state index contributed by atoms with van der Waals surface area (Å²) < 4.78 is 34.5. The SMILES string of the molecule is O=C(CN1C(=O)c2ccccc2C1=O)OCCN(Cc1ccccc1)C1=NS(=O)(=O)c2ccccc21. The molecule has 0 saturated carbocycles. The van der Waals surface area contributed by atoms with E-state index in [4.69, 9.17) is 4.74 Å². The maximum atomic E-state index is 12.6. The average Bonchev–Trinajstić information content (AvgIpc) is 3.29. The third kappa shape index (κ3) is 4.38. The van der Waals surface area contributed by atoms with Gasteiger partial charge in [0.1, 0.15) is 18.0 Å². The summed E-state index contributed by atoms with van der Waals surface area (Å²) in [7, 11) is -3.83. The van der Waals surface area contributed by atoms with Crippen LogP contribution in [0.3, 0.4) is 0 Å². The summed E-state index contributed by atoms with van der Waals surface area (Å²) in [5, 5.41) is 0. The molecule has 182 valence electrons. The van der Waals surface area contributed by atoms with Crippen molar-refractivity contribution >= 4 is 33.6 Å². The Morgan fingerprint density at radius 3 is 2.08 bits per heavy atom. The van der Waals surface area contributed by atoms with Crippen LogP contribution in [0.1, 0.15) is 31.8 Å². The fourth-order valence-corrected chi connectivity index (χ4v) is 5.43. The molecule has 0 aromatic heterocycles. The zero-order chi connectivity index (χ0) is 25.3. The second-order valence-electron chi connectivity index (χ2n) is 8.26. The molecule has 0 bridgehead atoms. The highest BCUT2D eigenvalue weighted by molar-refractivity contribution is 7.90. The Morgan fingerprint density at radius 1 is 0.833 bits per heavy atom. The van der Waals surface area contributed by atoms with Crippen LogP contribution in [0, 0.1) is 0 Å². The van der Waals surface area contributed by atoms with Crippen molar-refractivity contribution < 1.29 is 27.5 Å². The molecule has 5 rings (SSSR count). The van der Waals surface area contributed by atoms with Gasteiger partial charge in [0.2, 0.25) is 0 Å². The number of ether oxygens (including phenoxy) is 1. The maximum absolute atomic E-state index is 12.6. The number of sulfonamides is 1. The topological polar surface area (TPSA) is 113 Å². The van der Waals surface area contributed by atoms with Crippen molar-refractivity contribution in [3.63, 3.8) is 0 Å². The molecule has 0 radical (unpaired) electrons. The number of amidine groups is 1. The number of fused-ring (bicyclic) bond motifs is 2. The number of carbonyl (C=O) groups excluding carboxylic acids is 3. The van der Waals surface area contributed by atoms with E-state index in [0.717, 1.165) is 10.5 Å². The fourth-order valence-electron chi connectivity index (χ4n) is 4.21. The highest BCUT2D eigenvalue weighted by atomic mass is 32.2. The molecule has 0 unspecified atom stereocenters. The summed E-state index contributed by atoms with van der Waals surface area (Å²) in [6, 6.07) is 22.4. The normalized spacial score (nSPS) is 15.3. The van der Waals surface area contributed by atoms with E-state index in [1.807, 2.05) is 30.3 Å². The molecule has 3 aromatic rings. The van der Waals surface area contributed by atoms with Crippen LogP contribution in [0.2, 0.25) is 0 Å². The van der Waals surface area contributed by atoms with Crippen LogP contribution in [0.5, 0.6) is 0 Å². The molecule has 2 amide bonds. The summed E-state index contributed by atoms with van der Waals surface area (Å²) in [6.07, 6.45) is 0. The van der Waals surface area contributed by atoms with Gasteiger partial charge in [0, 0.05) is 12.1 Å². The van der Waals surface area contributed by atoms with Gasteiger partial charge in [-0.15, -0.1) is 4.40 Å². The Kier molecular flexibility index (Phi) is 6.11. The number of imide groups is 1. The fraction of sp³-hybridized carbons (Fsp3) is 0.154. The molecular formula is C26H21N3O6S. The number of carbonyl (C=O) groups is 3. The number of nitrogens with zero attached hydrogens (tertiary/aromatic N) is 3. The second kappa shape index (κ2) is 9.38. The van der Waals surface area contributed by atoms with Crippen molar-refractivity contribution in [1.29, 1.82) is 0 Å². The van der Waals surface area contributed by atoms with Gasteiger partial charge in [-0.2, -0.15) is 8.42 Å². The van der Waals surface area contributed by atoms with Crippen LogP contribution in [-0.2, 0) is 26.1 Å². The number of hydrogen-bond acceptors (Lipinski definition) is 7. The van der Waals surface area contributed by atoms with Gasteiger partial charge in [0.25, 0.3) is 21.8 Å². The van der Waals surface area contributed by atoms with Crippen LogP contribution in [0.4, 0.5) is 0 Å². The number of esters is 1. The molecule has 3 aromatic carbocycles. The lowest BCUT2D eigenvalue weighted by Gasteiger charge is -2.24. The first-order valence-corrected chi connectivity index (χ1v) is 12.6. The third-order valence-electron chi connectivity index (χ3n) is 5.92. The number of benzene rings is 3. The van der Waals surface area contributed by atoms with Crippen molar-refractivity contribution in [1.82, 2.24) is 9.80 Å². The zero-order valence-corrected chi connectivity index (χ0v) is 19.8. The molecule has 10 heteroatoms. The van der Waals surface area contributed by atoms with Gasteiger partial charge in [-0.3, -0.25) is 19.3 Å². The highest BCUT2D eigenvalue weighted by Crippen LogP contribution is 2.28. The van der Waals surface area contributed by atoms with E-state index in [1.54, 1.807) is 35.2 Å². The van der Waals surface area contributed by atoms with Crippen LogP contribution >= 0.6 is 0 Å². The van der Waals surface area contributed by atoms with E-state index in [2.05, 4.69) is 4.40 Å². The molecule has 0 saturated heterocycles. The van der Waals surface area contributed by atoms with Crippen LogP contribution in [-0.4, -0.2) is 61.5 Å². The third-order valence-corrected chi connectivity index (χ3v) is 7.24. The number of amides is 2. The van der Waals surface area contributed by atoms with Crippen molar-refractivity contribution in [2.75, 3.05) is 19.7 Å². The maximum Gasteiger partial charge on any atom is 0.326 e. The summed E-state index contributed by atoms with van der Waals surface area (Å²) >= 11 is 0. The monoisotopic (exact) mass is 503 g/mol. The standard InChI is InChI=1S/C26H21N3O6S/c30-23(17-29-25(31)19-10-4-5-11-20(19)26(29)32)35-15-14-28(16-18-8-2-1-3-9-18)24-21-12-6-7-13-22(21)36(33,34)27-24/h1-13H,14-17H2. The molecule has 0 aliphatic carbocycles. The zero-order valence-electron chi connectivity index (χ0n) is 19.0. The van der Waals surface area contributed by atoms with Crippen LogP contribution in [0.15, 0.2) is 88.2 Å². The van der Waals surface area contributed by atoms with Crippen LogP contribution in [0.25, 0.3) is 0 Å². The van der Waals surface area contributed by atoms with Crippen molar-refractivity contribution in [2.24, 2.45) is 4.40 Å². The summed E-state index contributed by atoms with van der Waals surface area (Å²) in [5.41, 5.74) is 1.90. The van der Waals surface area contributed by atoms with Gasteiger partial charge < -0.3 is 9.64 Å². The second-order valence-corrected chi connectivity index (χ2v) is 9.83. The minimum absolute atomic E-state index is 0.101. The molecule has 2 aliphatic heterocycles.